The number of aromatic nitrogens is 5. The number of carbonyl (C=O) groups excluding carboxylic acids is 1. The number of hydrogen-bond donors (Lipinski definition) is 0. The predicted molar refractivity (Wildman–Crippen MR) is 109 cm³/mol. The van der Waals surface area contributed by atoms with Gasteiger partial charge < -0.3 is 9.42 Å². The van der Waals surface area contributed by atoms with Gasteiger partial charge in [0.25, 0.3) is 12.1 Å². The molecule has 0 saturated carbocycles. The van der Waals surface area contributed by atoms with Crippen LogP contribution in [0.15, 0.2) is 10.6 Å². The lowest BCUT2D eigenvalue weighted by Gasteiger charge is -2.33. The lowest BCUT2D eigenvalue weighted by atomic mass is 9.92. The third-order valence-electron chi connectivity index (χ3n) is 5.89. The molecule has 1 amide bonds. The van der Waals surface area contributed by atoms with E-state index in [1.54, 1.807) is 16.5 Å². The Hall–Kier alpha value is -2.91. The number of carbonyl (C=O) groups is 1. The first-order chi connectivity index (χ1) is 14.7. The number of alkyl halides is 2. The lowest BCUT2D eigenvalue weighted by Crippen LogP contribution is -2.40. The van der Waals surface area contributed by atoms with E-state index >= 15 is 0 Å². The maximum absolute atomic E-state index is 13.7. The fourth-order valence-electron chi connectivity index (χ4n) is 4.40. The van der Waals surface area contributed by atoms with Crippen molar-refractivity contribution in [3.63, 3.8) is 0 Å². The van der Waals surface area contributed by atoms with Gasteiger partial charge in [0.15, 0.2) is 0 Å². The first-order valence-corrected chi connectivity index (χ1v) is 10.5. The average molecular weight is 432 g/mol. The number of aryl methyl sites for hydroxylation is 3. The van der Waals surface area contributed by atoms with Gasteiger partial charge in [-0.05, 0) is 46.6 Å². The largest absolute Gasteiger partial charge is 0.342 e. The molecule has 0 radical (unpaired) electrons. The Morgan fingerprint density at radius 2 is 2.06 bits per heavy atom. The van der Waals surface area contributed by atoms with Crippen molar-refractivity contribution in [3.8, 4) is 0 Å². The summed E-state index contributed by atoms with van der Waals surface area (Å²) in [6.45, 7) is 8.33. The molecule has 8 nitrogen and oxygen atoms in total. The molecule has 10 heteroatoms. The molecule has 0 unspecified atom stereocenters. The maximum Gasteiger partial charge on any atom is 0.264 e. The molecule has 4 rings (SSSR count). The number of likely N-dealkylation sites (tertiary alicyclic amines) is 1. The van der Waals surface area contributed by atoms with Gasteiger partial charge in [-0.3, -0.25) is 4.79 Å². The highest BCUT2D eigenvalue weighted by atomic mass is 19.3. The van der Waals surface area contributed by atoms with Crippen molar-refractivity contribution >= 4 is 17.0 Å². The van der Waals surface area contributed by atoms with Crippen molar-refractivity contribution in [2.45, 2.75) is 65.3 Å². The molecule has 3 aromatic heterocycles. The maximum atomic E-state index is 13.7. The van der Waals surface area contributed by atoms with E-state index in [9.17, 15) is 13.6 Å². The minimum absolute atomic E-state index is 0.00965. The molecule has 1 saturated heterocycles. The third kappa shape index (κ3) is 4.15. The van der Waals surface area contributed by atoms with Crippen molar-refractivity contribution in [3.05, 3.63) is 34.7 Å². The van der Waals surface area contributed by atoms with Crippen LogP contribution < -0.4 is 0 Å². The highest BCUT2D eigenvalue weighted by Gasteiger charge is 2.29. The second kappa shape index (κ2) is 8.32. The molecule has 31 heavy (non-hydrogen) atoms. The second-order valence-electron chi connectivity index (χ2n) is 8.27. The molecule has 0 N–H and O–H groups in total. The van der Waals surface area contributed by atoms with Gasteiger partial charge in [0.1, 0.15) is 11.6 Å². The van der Waals surface area contributed by atoms with E-state index in [4.69, 9.17) is 4.52 Å². The number of amides is 1. The molecule has 1 aliphatic heterocycles. The quantitative estimate of drug-likeness (QED) is 0.605. The summed E-state index contributed by atoms with van der Waals surface area (Å²) in [6.07, 6.45) is -0.800. The molecule has 1 aliphatic rings. The van der Waals surface area contributed by atoms with Crippen LogP contribution in [-0.2, 0) is 4.79 Å². The van der Waals surface area contributed by atoms with Gasteiger partial charge >= 0.3 is 0 Å². The Morgan fingerprint density at radius 3 is 2.74 bits per heavy atom. The van der Waals surface area contributed by atoms with Gasteiger partial charge in [-0.1, -0.05) is 5.16 Å². The van der Waals surface area contributed by atoms with Gasteiger partial charge in [-0.2, -0.15) is 5.10 Å². The van der Waals surface area contributed by atoms with Crippen molar-refractivity contribution in [1.29, 1.82) is 0 Å². The SMILES string of the molecule is Cc1nc(C)n([C@H](C)CC(=O)N2CCC[C@@H](c3cc(C(F)F)c4c(C)noc4n3)C2)n1. The standard InChI is InChI=1S/C21H26F2N6O2/c1-11(29-14(4)24-13(3)26-29)8-18(30)28-7-5-6-15(10-28)17-9-16(20(22)23)19-12(2)27-31-21(19)25-17/h9,11,15,20H,5-8,10H2,1-4H3/t11-,15-/m1/s1. The van der Waals surface area contributed by atoms with Crippen LogP contribution >= 0.6 is 0 Å². The third-order valence-corrected chi connectivity index (χ3v) is 5.89. The lowest BCUT2D eigenvalue weighted by molar-refractivity contribution is -0.133. The Kier molecular flexibility index (Phi) is 5.72. The monoisotopic (exact) mass is 432 g/mol. The van der Waals surface area contributed by atoms with Gasteiger partial charge in [-0.25, -0.2) is 23.4 Å². The summed E-state index contributed by atoms with van der Waals surface area (Å²) in [6, 6.07) is 1.33. The Morgan fingerprint density at radius 1 is 1.29 bits per heavy atom. The summed E-state index contributed by atoms with van der Waals surface area (Å²) < 4.78 is 34.3. The highest BCUT2D eigenvalue weighted by Crippen LogP contribution is 2.34. The van der Waals surface area contributed by atoms with Gasteiger partial charge in [0.05, 0.1) is 17.1 Å². The Labute approximate surface area is 178 Å². The molecule has 0 bridgehead atoms. The molecule has 0 aromatic carbocycles. The molecule has 1 fully saturated rings. The fourth-order valence-corrected chi connectivity index (χ4v) is 4.40. The van der Waals surface area contributed by atoms with Crippen LogP contribution in [0.25, 0.3) is 11.1 Å². The summed E-state index contributed by atoms with van der Waals surface area (Å²) in [7, 11) is 0. The number of fused-ring (bicyclic) bond motifs is 1. The first-order valence-electron chi connectivity index (χ1n) is 10.5. The number of rotatable bonds is 5. The highest BCUT2D eigenvalue weighted by molar-refractivity contribution is 5.80. The van der Waals surface area contributed by atoms with E-state index in [-0.39, 0.29) is 34.5 Å². The molecule has 4 heterocycles. The van der Waals surface area contributed by atoms with Gasteiger partial charge in [0.2, 0.25) is 5.91 Å². The number of nitrogens with zero attached hydrogens (tertiary/aromatic N) is 6. The summed E-state index contributed by atoms with van der Waals surface area (Å²) in [5, 5.41) is 8.43. The van der Waals surface area contributed by atoms with Gasteiger partial charge in [-0.15, -0.1) is 0 Å². The number of hydrogen-bond acceptors (Lipinski definition) is 6. The van der Waals surface area contributed by atoms with E-state index in [0.29, 0.717) is 36.7 Å². The molecular weight excluding hydrogens is 406 g/mol. The zero-order valence-electron chi connectivity index (χ0n) is 18.1. The van der Waals surface area contributed by atoms with Gasteiger partial charge in [0, 0.05) is 36.7 Å². The van der Waals surface area contributed by atoms with Crippen molar-refractivity contribution in [1.82, 2.24) is 29.8 Å². The Bertz CT molecular complexity index is 1110. The fraction of sp³-hybridized carbons (Fsp3) is 0.571. The Balaban J connectivity index is 1.52. The van der Waals surface area contributed by atoms with Crippen molar-refractivity contribution in [2.75, 3.05) is 13.1 Å². The van der Waals surface area contributed by atoms with E-state index in [2.05, 4.69) is 20.2 Å². The van der Waals surface area contributed by atoms with E-state index in [1.165, 1.54) is 6.07 Å². The van der Waals surface area contributed by atoms with Crippen LogP contribution in [0.4, 0.5) is 8.78 Å². The van der Waals surface area contributed by atoms with E-state index < -0.39 is 6.43 Å². The zero-order valence-corrected chi connectivity index (χ0v) is 18.1. The van der Waals surface area contributed by atoms with Crippen LogP contribution in [-0.4, -0.2) is 48.8 Å². The van der Waals surface area contributed by atoms with Crippen LogP contribution in [0.3, 0.4) is 0 Å². The molecule has 0 aliphatic carbocycles. The minimum atomic E-state index is -2.65. The normalized spacial score (nSPS) is 18.2. The summed E-state index contributed by atoms with van der Waals surface area (Å²) in [5.41, 5.74) is 0.928. The predicted octanol–water partition coefficient (Wildman–Crippen LogP) is 4.03. The van der Waals surface area contributed by atoms with Crippen LogP contribution in [0.5, 0.6) is 0 Å². The van der Waals surface area contributed by atoms with E-state index in [0.717, 1.165) is 18.7 Å². The van der Waals surface area contributed by atoms with Crippen LogP contribution in [0.1, 0.15) is 73.2 Å². The van der Waals surface area contributed by atoms with Crippen LogP contribution in [0.2, 0.25) is 0 Å². The number of halogens is 2. The molecule has 0 spiro atoms. The van der Waals surface area contributed by atoms with Crippen molar-refractivity contribution in [2.24, 2.45) is 0 Å². The minimum Gasteiger partial charge on any atom is -0.342 e. The van der Waals surface area contributed by atoms with Crippen molar-refractivity contribution < 1.29 is 18.1 Å². The molecular formula is C21H26F2N6O2. The summed E-state index contributed by atoms with van der Waals surface area (Å²) in [4.78, 5) is 23.5. The zero-order chi connectivity index (χ0) is 22.3. The topological polar surface area (TPSA) is 89.9 Å². The molecule has 166 valence electrons. The number of pyridine rings is 1. The second-order valence-corrected chi connectivity index (χ2v) is 8.27. The molecule has 2 atom stereocenters. The first kappa shape index (κ1) is 21.3. The molecule has 3 aromatic rings. The number of piperidine rings is 1. The van der Waals surface area contributed by atoms with E-state index in [1.807, 2.05) is 20.8 Å². The van der Waals surface area contributed by atoms with Crippen LogP contribution in [0, 0.1) is 20.8 Å². The smallest absolute Gasteiger partial charge is 0.264 e. The average Bonchev–Trinajstić information content (AvgIpc) is 3.28. The summed E-state index contributed by atoms with van der Waals surface area (Å²) >= 11 is 0. The summed E-state index contributed by atoms with van der Waals surface area (Å²) in [5.74, 6) is 1.33.